The first kappa shape index (κ1) is 24.2. The highest BCUT2D eigenvalue weighted by atomic mass is 35.5. The number of carbonyl (C=O) groups is 1. The zero-order chi connectivity index (χ0) is 24.6. The molecule has 1 aliphatic heterocycles. The Hall–Kier alpha value is -2.90. The molecule has 9 heteroatoms. The smallest absolute Gasteiger partial charge is 0.417 e. The Morgan fingerprint density at radius 3 is 2.18 bits per heavy atom. The third kappa shape index (κ3) is 4.55. The highest BCUT2D eigenvalue weighted by Gasteiger charge is 2.39. The van der Waals surface area contributed by atoms with Crippen molar-refractivity contribution in [2.24, 2.45) is 0 Å². The largest absolute Gasteiger partial charge is 0.493 e. The Kier molecular flexibility index (Phi) is 6.69. The van der Waals surface area contributed by atoms with E-state index in [1.807, 2.05) is 6.07 Å². The summed E-state index contributed by atoms with van der Waals surface area (Å²) in [5.74, 6) is 0.245. The van der Waals surface area contributed by atoms with E-state index >= 15 is 0 Å². The third-order valence-electron chi connectivity index (χ3n) is 5.84. The second-order valence-corrected chi connectivity index (χ2v) is 8.67. The number of ether oxygens (including phenoxy) is 2. The highest BCUT2D eigenvalue weighted by Crippen LogP contribution is 2.43. The summed E-state index contributed by atoms with van der Waals surface area (Å²) in [5.41, 5.74) is 0.821. The van der Waals surface area contributed by atoms with E-state index in [2.05, 4.69) is 0 Å². The van der Waals surface area contributed by atoms with Gasteiger partial charge in [0.25, 0.3) is 5.91 Å². The van der Waals surface area contributed by atoms with Crippen LogP contribution in [0.3, 0.4) is 0 Å². The predicted octanol–water partition coefficient (Wildman–Crippen LogP) is 6.82. The van der Waals surface area contributed by atoms with Gasteiger partial charge in [0.1, 0.15) is 0 Å². The van der Waals surface area contributed by atoms with Crippen LogP contribution >= 0.6 is 23.2 Å². The first-order valence-electron chi connectivity index (χ1n) is 10.3. The molecule has 0 saturated heterocycles. The Balaban J connectivity index is 1.88. The molecule has 0 fully saturated rings. The summed E-state index contributed by atoms with van der Waals surface area (Å²) in [6, 6.07) is 13.0. The molecule has 1 unspecified atom stereocenters. The fraction of sp³-hybridized carbons (Fsp3) is 0.240. The van der Waals surface area contributed by atoms with E-state index in [1.54, 1.807) is 30.3 Å². The predicted molar refractivity (Wildman–Crippen MR) is 124 cm³/mol. The Labute approximate surface area is 204 Å². The van der Waals surface area contributed by atoms with Crippen molar-refractivity contribution in [3.8, 4) is 11.5 Å². The lowest BCUT2D eigenvalue weighted by atomic mass is 9.87. The molecule has 1 atom stereocenters. The standard InChI is InChI=1S/C25H20Cl2F3NO3/c1-33-21-11-15-9-10-31(24(32)18-8-7-17(27)12-20(18)25(28,29)30)23(19(15)13-22(21)34-2)14-3-5-16(26)6-4-14/h3-8,11-13,23H,9-10H2,1-2H3. The van der Waals surface area contributed by atoms with E-state index in [4.69, 9.17) is 32.7 Å². The van der Waals surface area contributed by atoms with Crippen molar-refractivity contribution >= 4 is 29.1 Å². The first-order chi connectivity index (χ1) is 16.1. The molecule has 0 bridgehead atoms. The van der Waals surface area contributed by atoms with Crippen LogP contribution in [0, 0.1) is 0 Å². The molecule has 4 nitrogen and oxygen atoms in total. The van der Waals surface area contributed by atoms with E-state index in [9.17, 15) is 18.0 Å². The topological polar surface area (TPSA) is 38.8 Å². The van der Waals surface area contributed by atoms with Gasteiger partial charge in [-0.2, -0.15) is 13.2 Å². The van der Waals surface area contributed by atoms with Gasteiger partial charge in [-0.1, -0.05) is 35.3 Å². The molecular formula is C25H20Cl2F3NO3. The maximum absolute atomic E-state index is 13.8. The minimum atomic E-state index is -4.74. The van der Waals surface area contributed by atoms with Crippen LogP contribution in [0.1, 0.15) is 38.7 Å². The number of fused-ring (bicyclic) bond motifs is 1. The lowest BCUT2D eigenvalue weighted by Crippen LogP contribution is -2.41. The molecule has 0 radical (unpaired) electrons. The molecule has 3 aromatic carbocycles. The van der Waals surface area contributed by atoms with E-state index < -0.39 is 29.3 Å². The number of nitrogens with zero attached hydrogens (tertiary/aromatic N) is 1. The van der Waals surface area contributed by atoms with Gasteiger partial charge in [0.05, 0.1) is 31.4 Å². The van der Waals surface area contributed by atoms with Crippen molar-refractivity contribution in [3.05, 3.63) is 92.5 Å². The summed E-state index contributed by atoms with van der Waals surface area (Å²) in [7, 11) is 3.02. The summed E-state index contributed by atoms with van der Waals surface area (Å²) in [6.45, 7) is 0.203. The van der Waals surface area contributed by atoms with Crippen molar-refractivity contribution in [1.29, 1.82) is 0 Å². The van der Waals surface area contributed by atoms with E-state index in [0.717, 1.165) is 23.3 Å². The number of methoxy groups -OCH3 is 2. The number of alkyl halides is 3. The maximum atomic E-state index is 13.8. The number of halogens is 5. The molecule has 3 aromatic rings. The van der Waals surface area contributed by atoms with Gasteiger partial charge in [0, 0.05) is 16.6 Å². The normalized spacial score (nSPS) is 15.6. The van der Waals surface area contributed by atoms with Crippen LogP contribution in [0.2, 0.25) is 10.0 Å². The van der Waals surface area contributed by atoms with Gasteiger partial charge in [-0.25, -0.2) is 0 Å². The van der Waals surface area contributed by atoms with Crippen LogP contribution in [0.5, 0.6) is 11.5 Å². The average molecular weight is 510 g/mol. The monoisotopic (exact) mass is 509 g/mol. The molecular weight excluding hydrogens is 490 g/mol. The molecule has 4 rings (SSSR count). The maximum Gasteiger partial charge on any atom is 0.417 e. The van der Waals surface area contributed by atoms with Crippen molar-refractivity contribution in [2.45, 2.75) is 18.6 Å². The van der Waals surface area contributed by atoms with Gasteiger partial charge in [-0.05, 0) is 65.6 Å². The number of rotatable bonds is 4. The van der Waals surface area contributed by atoms with Crippen LogP contribution in [-0.4, -0.2) is 31.6 Å². The fourth-order valence-corrected chi connectivity index (χ4v) is 4.56. The number of benzene rings is 3. The van der Waals surface area contributed by atoms with E-state index in [0.29, 0.717) is 28.5 Å². The van der Waals surface area contributed by atoms with Crippen molar-refractivity contribution in [2.75, 3.05) is 20.8 Å². The van der Waals surface area contributed by atoms with Gasteiger partial charge in [0.15, 0.2) is 11.5 Å². The van der Waals surface area contributed by atoms with Crippen LogP contribution < -0.4 is 9.47 Å². The van der Waals surface area contributed by atoms with Crippen molar-refractivity contribution in [3.63, 3.8) is 0 Å². The second-order valence-electron chi connectivity index (χ2n) is 7.80. The molecule has 1 aliphatic rings. The second kappa shape index (κ2) is 9.39. The van der Waals surface area contributed by atoms with Gasteiger partial charge in [0.2, 0.25) is 0 Å². The summed E-state index contributed by atoms with van der Waals surface area (Å²) in [6.07, 6.45) is -4.31. The quantitative estimate of drug-likeness (QED) is 0.387. The lowest BCUT2D eigenvalue weighted by molar-refractivity contribution is -0.138. The summed E-state index contributed by atoms with van der Waals surface area (Å²) in [4.78, 5) is 15.1. The molecule has 0 saturated carbocycles. The van der Waals surface area contributed by atoms with E-state index in [1.165, 1.54) is 25.2 Å². The summed E-state index contributed by atoms with van der Waals surface area (Å²) in [5, 5.41) is 0.404. The van der Waals surface area contributed by atoms with Gasteiger partial charge in [-0.3, -0.25) is 4.79 Å². The van der Waals surface area contributed by atoms with Gasteiger partial charge in [-0.15, -0.1) is 0 Å². The SMILES string of the molecule is COc1cc2c(cc1OC)C(c1ccc(Cl)cc1)N(C(=O)c1ccc(Cl)cc1C(F)(F)F)CC2. The number of amides is 1. The van der Waals surface area contributed by atoms with Crippen LogP contribution in [0.4, 0.5) is 13.2 Å². The van der Waals surface area contributed by atoms with Gasteiger partial charge < -0.3 is 14.4 Å². The molecule has 1 heterocycles. The first-order valence-corrected chi connectivity index (χ1v) is 11.1. The zero-order valence-electron chi connectivity index (χ0n) is 18.2. The lowest BCUT2D eigenvalue weighted by Gasteiger charge is -2.38. The third-order valence-corrected chi connectivity index (χ3v) is 6.32. The molecule has 34 heavy (non-hydrogen) atoms. The van der Waals surface area contributed by atoms with Crippen molar-refractivity contribution in [1.82, 2.24) is 4.90 Å². The van der Waals surface area contributed by atoms with Gasteiger partial charge >= 0.3 is 6.18 Å². The van der Waals surface area contributed by atoms with Crippen LogP contribution in [-0.2, 0) is 12.6 Å². The highest BCUT2D eigenvalue weighted by molar-refractivity contribution is 6.31. The van der Waals surface area contributed by atoms with Crippen LogP contribution in [0.15, 0.2) is 54.6 Å². The van der Waals surface area contributed by atoms with Crippen LogP contribution in [0.25, 0.3) is 0 Å². The minimum Gasteiger partial charge on any atom is -0.493 e. The number of hydrogen-bond donors (Lipinski definition) is 0. The number of carbonyl (C=O) groups excluding carboxylic acids is 1. The molecule has 0 aliphatic carbocycles. The number of hydrogen-bond acceptors (Lipinski definition) is 3. The zero-order valence-corrected chi connectivity index (χ0v) is 19.8. The Morgan fingerprint density at radius 1 is 0.941 bits per heavy atom. The van der Waals surface area contributed by atoms with Crippen molar-refractivity contribution < 1.29 is 27.4 Å². The molecule has 0 aromatic heterocycles. The molecule has 0 spiro atoms. The van der Waals surface area contributed by atoms with E-state index in [-0.39, 0.29) is 11.6 Å². The summed E-state index contributed by atoms with van der Waals surface area (Å²) >= 11 is 11.9. The molecule has 178 valence electrons. The Bertz CT molecular complexity index is 1230. The fourth-order valence-electron chi connectivity index (χ4n) is 4.26. The molecule has 0 N–H and O–H groups in total. The molecule has 1 amide bonds. The minimum absolute atomic E-state index is 0.0982. The Morgan fingerprint density at radius 2 is 1.56 bits per heavy atom. The summed E-state index contributed by atoms with van der Waals surface area (Å²) < 4.78 is 52.2. The average Bonchev–Trinajstić information content (AvgIpc) is 2.82.